The smallest absolute Gasteiger partial charge is 0.252 e. The van der Waals surface area contributed by atoms with Crippen LogP contribution in [0.25, 0.3) is 0 Å². The van der Waals surface area contributed by atoms with E-state index in [9.17, 15) is 4.79 Å². The quantitative estimate of drug-likeness (QED) is 0.546. The van der Waals surface area contributed by atoms with Crippen molar-refractivity contribution in [2.24, 2.45) is 0 Å². The molecule has 0 saturated carbocycles. The summed E-state index contributed by atoms with van der Waals surface area (Å²) < 4.78 is 3.96. The van der Waals surface area contributed by atoms with Gasteiger partial charge < -0.3 is 14.5 Å². The van der Waals surface area contributed by atoms with Crippen molar-refractivity contribution >= 4 is 11.6 Å². The second-order valence-corrected chi connectivity index (χ2v) is 6.99. The summed E-state index contributed by atoms with van der Waals surface area (Å²) in [6.07, 6.45) is 7.30. The Bertz CT molecular complexity index is 1110. The van der Waals surface area contributed by atoms with Gasteiger partial charge in [0.1, 0.15) is 17.7 Å². The Morgan fingerprint density at radius 3 is 2.41 bits per heavy atom. The molecular formula is C23H23N5O. The second kappa shape index (κ2) is 8.14. The topological polar surface area (TPSA) is 64.7 Å². The van der Waals surface area contributed by atoms with E-state index in [4.69, 9.17) is 0 Å². The molecule has 4 rings (SSSR count). The van der Waals surface area contributed by atoms with Crippen molar-refractivity contribution in [3.63, 3.8) is 0 Å². The number of imidazole rings is 2. The lowest BCUT2D eigenvalue weighted by Gasteiger charge is -2.20. The fourth-order valence-electron chi connectivity index (χ4n) is 3.46. The van der Waals surface area contributed by atoms with Crippen LogP contribution in [0.5, 0.6) is 0 Å². The summed E-state index contributed by atoms with van der Waals surface area (Å²) in [5.74, 6) is 1.64. The molecule has 0 radical (unpaired) electrons. The fraction of sp³-hybridized carbons (Fsp3) is 0.174. The van der Waals surface area contributed by atoms with E-state index in [0.29, 0.717) is 6.54 Å². The van der Waals surface area contributed by atoms with Gasteiger partial charge in [-0.15, -0.1) is 0 Å². The van der Waals surface area contributed by atoms with Gasteiger partial charge in [-0.05, 0) is 37.1 Å². The Labute approximate surface area is 169 Å². The first-order chi connectivity index (χ1) is 14.1. The summed E-state index contributed by atoms with van der Waals surface area (Å²) in [5, 5.41) is 3.08. The molecule has 1 atom stereocenters. The number of aryl methyl sites for hydroxylation is 2. The third kappa shape index (κ3) is 4.11. The molecule has 0 saturated heterocycles. The number of rotatable bonds is 6. The molecule has 0 aliphatic heterocycles. The first-order valence-corrected chi connectivity index (χ1v) is 9.54. The van der Waals surface area contributed by atoms with Crippen LogP contribution in [0.3, 0.4) is 0 Å². The van der Waals surface area contributed by atoms with E-state index in [1.165, 1.54) is 0 Å². The normalized spacial score (nSPS) is 11.9. The maximum absolute atomic E-state index is 13.3. The summed E-state index contributed by atoms with van der Waals surface area (Å²) in [6, 6.07) is 17.2. The Hall–Kier alpha value is -3.67. The van der Waals surface area contributed by atoms with E-state index >= 15 is 0 Å². The molecule has 0 aliphatic carbocycles. The third-order valence-corrected chi connectivity index (χ3v) is 4.98. The van der Waals surface area contributed by atoms with Gasteiger partial charge in [0, 0.05) is 37.0 Å². The monoisotopic (exact) mass is 385 g/mol. The Morgan fingerprint density at radius 1 is 0.966 bits per heavy atom. The van der Waals surface area contributed by atoms with Crippen LogP contribution < -0.4 is 5.32 Å². The maximum atomic E-state index is 13.3. The molecule has 146 valence electrons. The van der Waals surface area contributed by atoms with Crippen molar-refractivity contribution in [1.82, 2.24) is 19.1 Å². The van der Waals surface area contributed by atoms with Crippen LogP contribution in [0.2, 0.25) is 0 Å². The number of nitrogens with one attached hydrogen (secondary N) is 1. The van der Waals surface area contributed by atoms with Gasteiger partial charge in [-0.1, -0.05) is 42.5 Å². The third-order valence-electron chi connectivity index (χ3n) is 4.98. The van der Waals surface area contributed by atoms with Crippen molar-refractivity contribution in [3.8, 4) is 0 Å². The molecule has 0 bridgehead atoms. The van der Waals surface area contributed by atoms with Gasteiger partial charge in [-0.2, -0.15) is 0 Å². The van der Waals surface area contributed by atoms with Crippen molar-refractivity contribution in [2.45, 2.75) is 26.4 Å². The van der Waals surface area contributed by atoms with Crippen LogP contribution in [0.1, 0.15) is 28.8 Å². The number of amides is 1. The van der Waals surface area contributed by atoms with Crippen LogP contribution in [0, 0.1) is 13.8 Å². The van der Waals surface area contributed by atoms with Gasteiger partial charge >= 0.3 is 0 Å². The van der Waals surface area contributed by atoms with Crippen molar-refractivity contribution in [1.29, 1.82) is 0 Å². The second-order valence-electron chi connectivity index (χ2n) is 6.99. The molecular weight excluding hydrogens is 362 g/mol. The Kier molecular flexibility index (Phi) is 5.24. The molecule has 6 nitrogen and oxygen atoms in total. The molecule has 1 amide bonds. The molecule has 1 unspecified atom stereocenters. The number of aromatic nitrogens is 4. The lowest BCUT2D eigenvalue weighted by Crippen LogP contribution is -2.27. The highest BCUT2D eigenvalue weighted by Gasteiger charge is 2.23. The van der Waals surface area contributed by atoms with E-state index in [1.54, 1.807) is 12.4 Å². The minimum atomic E-state index is -0.488. The van der Waals surface area contributed by atoms with Crippen LogP contribution >= 0.6 is 0 Å². The summed E-state index contributed by atoms with van der Waals surface area (Å²) in [6.45, 7) is 4.58. The zero-order valence-electron chi connectivity index (χ0n) is 16.5. The summed E-state index contributed by atoms with van der Waals surface area (Å²) in [4.78, 5) is 21.8. The summed E-state index contributed by atoms with van der Waals surface area (Å²) in [7, 11) is 0. The highest BCUT2D eigenvalue weighted by atomic mass is 16.2. The van der Waals surface area contributed by atoms with Crippen LogP contribution in [-0.2, 0) is 11.3 Å². The number of benzene rings is 2. The number of nitrogens with zero attached hydrogens (tertiary/aromatic N) is 4. The number of carbonyl (C=O) groups excluding carboxylic acids is 1. The predicted octanol–water partition coefficient (Wildman–Crippen LogP) is 3.97. The molecule has 1 N–H and O–H groups in total. The minimum Gasteiger partial charge on any atom is -0.331 e. The highest BCUT2D eigenvalue weighted by Crippen LogP contribution is 2.22. The van der Waals surface area contributed by atoms with E-state index < -0.39 is 6.04 Å². The van der Waals surface area contributed by atoms with Crippen molar-refractivity contribution < 1.29 is 4.79 Å². The SMILES string of the molecule is Cc1nccn1Cc1cccc(NC(=O)C(c2ccccc2)n2ccnc2C)c1. The molecule has 2 aromatic heterocycles. The van der Waals surface area contributed by atoms with Crippen molar-refractivity contribution in [3.05, 3.63) is 102 Å². The van der Waals surface area contributed by atoms with E-state index in [0.717, 1.165) is 28.5 Å². The maximum Gasteiger partial charge on any atom is 0.252 e. The fourth-order valence-corrected chi connectivity index (χ4v) is 3.46. The standard InChI is InChI=1S/C23H23N5O/c1-17-24-11-13-27(17)16-19-7-6-10-21(15-19)26-23(29)22(20-8-4-3-5-9-20)28-14-12-25-18(28)2/h3-15,22H,16H2,1-2H3,(H,26,29). The van der Waals surface area contributed by atoms with Crippen LogP contribution in [-0.4, -0.2) is 25.0 Å². The molecule has 2 aromatic carbocycles. The molecule has 4 aromatic rings. The largest absolute Gasteiger partial charge is 0.331 e. The summed E-state index contributed by atoms with van der Waals surface area (Å²) >= 11 is 0. The van der Waals surface area contributed by atoms with Gasteiger partial charge in [0.05, 0.1) is 0 Å². The average Bonchev–Trinajstić information content (AvgIpc) is 3.32. The van der Waals surface area contributed by atoms with Gasteiger partial charge in [-0.3, -0.25) is 4.79 Å². The first-order valence-electron chi connectivity index (χ1n) is 9.54. The van der Waals surface area contributed by atoms with Crippen LogP contribution in [0.4, 0.5) is 5.69 Å². The first kappa shape index (κ1) is 18.7. The molecule has 0 fully saturated rings. The van der Waals surface area contributed by atoms with Crippen molar-refractivity contribution in [2.75, 3.05) is 5.32 Å². The van der Waals surface area contributed by atoms with Crippen LogP contribution in [0.15, 0.2) is 79.4 Å². The molecule has 29 heavy (non-hydrogen) atoms. The number of hydrogen-bond acceptors (Lipinski definition) is 3. The molecule has 6 heteroatoms. The number of anilines is 1. The van der Waals surface area contributed by atoms with Gasteiger partial charge in [-0.25, -0.2) is 9.97 Å². The van der Waals surface area contributed by atoms with E-state index in [2.05, 4.69) is 19.9 Å². The molecule has 0 spiro atoms. The summed E-state index contributed by atoms with van der Waals surface area (Å²) in [5.41, 5.74) is 2.78. The minimum absolute atomic E-state index is 0.103. The molecule has 2 heterocycles. The Balaban J connectivity index is 1.59. The van der Waals surface area contributed by atoms with E-state index in [1.807, 2.05) is 85.4 Å². The van der Waals surface area contributed by atoms with Gasteiger partial charge in [0.25, 0.3) is 5.91 Å². The number of hydrogen-bond donors (Lipinski definition) is 1. The Morgan fingerprint density at radius 2 is 1.72 bits per heavy atom. The zero-order valence-corrected chi connectivity index (χ0v) is 16.5. The van der Waals surface area contributed by atoms with Gasteiger partial charge in [0.15, 0.2) is 0 Å². The number of carbonyl (C=O) groups is 1. The lowest BCUT2D eigenvalue weighted by atomic mass is 10.1. The molecule has 0 aliphatic rings. The lowest BCUT2D eigenvalue weighted by molar-refractivity contribution is -0.118. The van der Waals surface area contributed by atoms with Gasteiger partial charge in [0.2, 0.25) is 0 Å². The zero-order chi connectivity index (χ0) is 20.2. The van der Waals surface area contributed by atoms with E-state index in [-0.39, 0.29) is 5.91 Å². The average molecular weight is 385 g/mol. The predicted molar refractivity (Wildman–Crippen MR) is 113 cm³/mol. The highest BCUT2D eigenvalue weighted by molar-refractivity contribution is 5.96.